The van der Waals surface area contributed by atoms with E-state index in [-0.39, 0.29) is 18.4 Å². The van der Waals surface area contributed by atoms with Gasteiger partial charge in [-0.15, -0.1) is 0 Å². The molecule has 166 valence electrons. The van der Waals surface area contributed by atoms with E-state index < -0.39 is 5.82 Å². The van der Waals surface area contributed by atoms with E-state index in [0.717, 1.165) is 17.5 Å². The van der Waals surface area contributed by atoms with Gasteiger partial charge >= 0.3 is 0 Å². The van der Waals surface area contributed by atoms with E-state index in [4.69, 9.17) is 17.1 Å². The van der Waals surface area contributed by atoms with Crippen LogP contribution in [-0.4, -0.2) is 28.7 Å². The van der Waals surface area contributed by atoms with Gasteiger partial charge in [0.1, 0.15) is 15.8 Å². The fourth-order valence-electron chi connectivity index (χ4n) is 2.90. The molecule has 11 heteroatoms. The molecule has 1 atom stereocenters. The summed E-state index contributed by atoms with van der Waals surface area (Å²) in [5, 5.41) is 5.35. The lowest BCUT2D eigenvalue weighted by Crippen LogP contribution is -2.32. The van der Waals surface area contributed by atoms with Crippen molar-refractivity contribution < 1.29 is 9.18 Å². The van der Waals surface area contributed by atoms with Gasteiger partial charge in [-0.05, 0) is 29.3 Å². The van der Waals surface area contributed by atoms with Gasteiger partial charge in [0.15, 0.2) is 0 Å². The Morgan fingerprint density at radius 2 is 2.12 bits per heavy atom. The van der Waals surface area contributed by atoms with E-state index in [0.29, 0.717) is 32.0 Å². The highest BCUT2D eigenvalue weighted by Gasteiger charge is 2.24. The molecule has 0 N–H and O–H groups in total. The maximum atomic E-state index is 13.6. The van der Waals surface area contributed by atoms with E-state index in [9.17, 15) is 9.18 Å². The summed E-state index contributed by atoms with van der Waals surface area (Å²) >= 11 is 8.81. The number of hydrogen-bond acceptors (Lipinski definition) is 6. The number of carbonyl (C=O) groups is 1. The number of azide groups is 1. The molecule has 1 unspecified atom stereocenters. The van der Waals surface area contributed by atoms with Crippen molar-refractivity contribution in [3.8, 4) is 10.6 Å². The quantitative estimate of drug-likeness (QED) is 0.198. The van der Waals surface area contributed by atoms with Gasteiger partial charge in [-0.3, -0.25) is 9.78 Å². The first-order valence-electron chi connectivity index (χ1n) is 9.60. The highest BCUT2D eigenvalue weighted by atomic mass is 35.5. The van der Waals surface area contributed by atoms with Gasteiger partial charge in [-0.2, -0.15) is 11.8 Å². The molecule has 1 aromatic carbocycles. The van der Waals surface area contributed by atoms with Crippen LogP contribution in [-0.2, 0) is 17.1 Å². The van der Waals surface area contributed by atoms with E-state index in [1.807, 2.05) is 31.2 Å². The Balaban J connectivity index is 1.72. The first kappa shape index (κ1) is 24.0. The van der Waals surface area contributed by atoms with Crippen LogP contribution in [0.3, 0.4) is 0 Å². The van der Waals surface area contributed by atoms with E-state index >= 15 is 0 Å². The third-order valence-electron chi connectivity index (χ3n) is 4.52. The molecule has 0 fully saturated rings. The smallest absolute Gasteiger partial charge is 0.231 e. The third-order valence-corrected chi connectivity index (χ3v) is 7.27. The molecule has 0 aliphatic carbocycles. The summed E-state index contributed by atoms with van der Waals surface area (Å²) in [7, 11) is 1.67. The first-order chi connectivity index (χ1) is 15.4. The maximum Gasteiger partial charge on any atom is 0.231 e. The van der Waals surface area contributed by atoms with Gasteiger partial charge in [0.2, 0.25) is 5.91 Å². The number of thiazole rings is 1. The van der Waals surface area contributed by atoms with Crippen molar-refractivity contribution >= 4 is 45.6 Å². The lowest BCUT2D eigenvalue weighted by molar-refractivity contribution is -0.120. The Bertz CT molecular complexity index is 1130. The molecule has 3 aromatic rings. The maximum absolute atomic E-state index is 13.6. The normalized spacial score (nSPS) is 11.6. The number of nitrogens with zero attached hydrogens (tertiary/aromatic N) is 6. The van der Waals surface area contributed by atoms with Crippen molar-refractivity contribution in [2.45, 2.75) is 19.2 Å². The molecule has 0 bridgehead atoms. The Morgan fingerprint density at radius 3 is 2.81 bits per heavy atom. The lowest BCUT2D eigenvalue weighted by atomic mass is 10.2. The van der Waals surface area contributed by atoms with Gasteiger partial charge in [0.25, 0.3) is 0 Å². The average Bonchev–Trinajstić information content (AvgIpc) is 3.22. The lowest BCUT2D eigenvalue weighted by Gasteiger charge is -2.20. The molecule has 2 heterocycles. The molecule has 0 aliphatic rings. The highest BCUT2D eigenvalue weighted by Crippen LogP contribution is 2.35. The molecular formula is C21H20ClFN6OS2. The molecule has 0 spiro atoms. The third kappa shape index (κ3) is 6.20. The number of pyridine rings is 1. The summed E-state index contributed by atoms with van der Waals surface area (Å²) in [6, 6.07) is 8.96. The number of rotatable bonds is 9. The summed E-state index contributed by atoms with van der Waals surface area (Å²) < 4.78 is 13.6. The largest absolute Gasteiger partial charge is 0.305 e. The van der Waals surface area contributed by atoms with Crippen LogP contribution in [0.2, 0.25) is 5.02 Å². The second-order valence-corrected chi connectivity index (χ2v) is 9.44. The van der Waals surface area contributed by atoms with Crippen LogP contribution in [0.5, 0.6) is 0 Å². The topological polar surface area (TPSA) is 94.9 Å². The summed E-state index contributed by atoms with van der Waals surface area (Å²) in [6.07, 6.45) is 2.61. The monoisotopic (exact) mass is 490 g/mol. The average molecular weight is 491 g/mol. The zero-order valence-corrected chi connectivity index (χ0v) is 19.8. The summed E-state index contributed by atoms with van der Waals surface area (Å²) in [4.78, 5) is 25.7. The molecule has 0 aliphatic heterocycles. The molecule has 2 aromatic heterocycles. The van der Waals surface area contributed by atoms with E-state index in [2.05, 4.69) is 20.0 Å². The Labute approximate surface area is 198 Å². The van der Waals surface area contributed by atoms with Gasteiger partial charge in [0, 0.05) is 46.2 Å². The molecule has 7 nitrogen and oxygen atoms in total. The predicted octanol–water partition coefficient (Wildman–Crippen LogP) is 6.34. The van der Waals surface area contributed by atoms with Crippen molar-refractivity contribution in [3.05, 3.63) is 75.3 Å². The van der Waals surface area contributed by atoms with Crippen LogP contribution < -0.4 is 4.90 Å². The number of benzene rings is 1. The molecule has 32 heavy (non-hydrogen) atoms. The molecule has 0 saturated heterocycles. The van der Waals surface area contributed by atoms with Gasteiger partial charge < -0.3 is 4.90 Å². The van der Waals surface area contributed by atoms with Crippen molar-refractivity contribution in [1.82, 2.24) is 9.97 Å². The standard InChI is InChI=1S/C21H20ClFN6OS2/c1-13(11-31-12-14-3-5-16(22)6-4-14)20(30)29(2)21-18(10-26-28-24)27-19(32-21)15-7-17(23)9-25-8-15/h3-9,13H,10-12H2,1-2H3. The number of hydrogen-bond donors (Lipinski definition) is 0. The van der Waals surface area contributed by atoms with Crippen molar-refractivity contribution in [2.24, 2.45) is 11.0 Å². The molecule has 3 rings (SSSR count). The second-order valence-electron chi connectivity index (χ2n) is 6.99. The summed E-state index contributed by atoms with van der Waals surface area (Å²) in [6.45, 7) is 1.86. The number of halogens is 2. The van der Waals surface area contributed by atoms with Crippen molar-refractivity contribution in [2.75, 3.05) is 17.7 Å². The zero-order chi connectivity index (χ0) is 23.1. The highest BCUT2D eigenvalue weighted by molar-refractivity contribution is 7.98. The Kier molecular flexibility index (Phi) is 8.46. The van der Waals surface area contributed by atoms with Crippen LogP contribution in [0.1, 0.15) is 18.2 Å². The SMILES string of the molecule is CC(CSCc1ccc(Cl)cc1)C(=O)N(C)c1sc(-c2cncc(F)c2)nc1CN=[N+]=[N-]. The van der Waals surface area contributed by atoms with Crippen molar-refractivity contribution in [1.29, 1.82) is 0 Å². The minimum Gasteiger partial charge on any atom is -0.305 e. The predicted molar refractivity (Wildman–Crippen MR) is 128 cm³/mol. The second kappa shape index (κ2) is 11.3. The molecule has 1 amide bonds. The number of carbonyl (C=O) groups excluding carboxylic acids is 1. The summed E-state index contributed by atoms with van der Waals surface area (Å²) in [5.41, 5.74) is 10.8. The molecule has 0 saturated carbocycles. The van der Waals surface area contributed by atoms with Crippen LogP contribution in [0.25, 0.3) is 21.0 Å². The fraction of sp³-hybridized carbons (Fsp3) is 0.286. The number of amides is 1. The number of thioether (sulfide) groups is 1. The van der Waals surface area contributed by atoms with Crippen molar-refractivity contribution in [3.63, 3.8) is 0 Å². The van der Waals surface area contributed by atoms with Crippen LogP contribution in [0, 0.1) is 11.7 Å². The number of anilines is 1. The van der Waals surface area contributed by atoms with Gasteiger partial charge in [0.05, 0.1) is 18.4 Å². The minimum absolute atomic E-state index is 0.0115. The minimum atomic E-state index is -0.480. The Hall–Kier alpha value is -2.65. The molecule has 0 radical (unpaired) electrons. The van der Waals surface area contributed by atoms with Gasteiger partial charge in [-0.1, -0.05) is 47.1 Å². The summed E-state index contributed by atoms with van der Waals surface area (Å²) in [5.74, 6) is 0.607. The fourth-order valence-corrected chi connectivity index (χ4v) is 5.09. The van der Waals surface area contributed by atoms with E-state index in [1.54, 1.807) is 18.8 Å². The first-order valence-corrected chi connectivity index (χ1v) is 11.9. The van der Waals surface area contributed by atoms with Gasteiger partial charge in [-0.25, -0.2) is 9.37 Å². The Morgan fingerprint density at radius 1 is 1.38 bits per heavy atom. The van der Waals surface area contributed by atoms with Crippen LogP contribution in [0.4, 0.5) is 9.39 Å². The molecular weight excluding hydrogens is 471 g/mol. The van der Waals surface area contributed by atoms with Crippen LogP contribution >= 0.6 is 34.7 Å². The number of aromatic nitrogens is 2. The van der Waals surface area contributed by atoms with E-state index in [1.165, 1.54) is 28.5 Å². The zero-order valence-electron chi connectivity index (χ0n) is 17.4. The van der Waals surface area contributed by atoms with Crippen LogP contribution in [0.15, 0.2) is 47.8 Å².